The molecule has 0 aromatic carbocycles. The van der Waals surface area contributed by atoms with Crippen molar-refractivity contribution in [2.45, 2.75) is 45.7 Å². The summed E-state index contributed by atoms with van der Waals surface area (Å²) in [5, 5.41) is 0. The van der Waals surface area contributed by atoms with Gasteiger partial charge in [-0.25, -0.2) is 0 Å². The van der Waals surface area contributed by atoms with E-state index < -0.39 is 11.1 Å². The van der Waals surface area contributed by atoms with Crippen molar-refractivity contribution in [3.8, 4) is 0 Å². The van der Waals surface area contributed by atoms with Gasteiger partial charge >= 0.3 is 0 Å². The zero-order chi connectivity index (χ0) is 11.4. The minimum Gasteiger partial charge on any atom is -0.323 e. The molecule has 4 N–H and O–H groups in total. The number of nitrogens with zero attached hydrogens (tertiary/aromatic N) is 1. The smallest absolute Gasteiger partial charge is 0.0701 e. The van der Waals surface area contributed by atoms with Crippen LogP contribution in [0.1, 0.15) is 34.6 Å². The molecule has 1 heterocycles. The van der Waals surface area contributed by atoms with Gasteiger partial charge in [-0.2, -0.15) is 0 Å². The van der Waals surface area contributed by atoms with Crippen LogP contribution < -0.4 is 11.5 Å². The van der Waals surface area contributed by atoms with Gasteiger partial charge in [0, 0.05) is 22.4 Å². The molecule has 3 nitrogen and oxygen atoms in total. The zero-order valence-corrected chi connectivity index (χ0v) is 9.81. The molecule has 0 bridgehead atoms. The summed E-state index contributed by atoms with van der Waals surface area (Å²) >= 11 is 0. The van der Waals surface area contributed by atoms with Crippen molar-refractivity contribution < 1.29 is 0 Å². The van der Waals surface area contributed by atoms with Gasteiger partial charge in [-0.3, -0.25) is 4.99 Å². The molecule has 0 radical (unpaired) electrons. The molecule has 0 aromatic rings. The van der Waals surface area contributed by atoms with E-state index in [4.69, 9.17) is 11.5 Å². The Hall–Kier alpha value is -0.670. The second-order valence-electron chi connectivity index (χ2n) is 5.17. The fourth-order valence-electron chi connectivity index (χ4n) is 1.78. The Morgan fingerprint density at radius 3 is 2.00 bits per heavy atom. The number of aliphatic imine (C=N–C) groups is 1. The molecular weight excluding hydrogens is 174 g/mol. The maximum atomic E-state index is 6.35. The molecule has 80 valence electrons. The van der Waals surface area contributed by atoms with Gasteiger partial charge in [0.1, 0.15) is 0 Å². The summed E-state index contributed by atoms with van der Waals surface area (Å²) in [4.78, 5) is 4.40. The highest BCUT2D eigenvalue weighted by molar-refractivity contribution is 5.94. The highest BCUT2D eigenvalue weighted by Crippen LogP contribution is 2.45. The summed E-state index contributed by atoms with van der Waals surface area (Å²) in [6, 6.07) is 0. The van der Waals surface area contributed by atoms with Crippen LogP contribution in [-0.2, 0) is 0 Å². The minimum absolute atomic E-state index is 0.282. The van der Waals surface area contributed by atoms with Crippen molar-refractivity contribution in [3.63, 3.8) is 0 Å². The van der Waals surface area contributed by atoms with Crippen LogP contribution >= 0.6 is 0 Å². The molecule has 0 aliphatic carbocycles. The second kappa shape index (κ2) is 2.67. The number of rotatable bonds is 0. The zero-order valence-electron chi connectivity index (χ0n) is 9.81. The van der Waals surface area contributed by atoms with Crippen LogP contribution in [0.5, 0.6) is 0 Å². The van der Waals surface area contributed by atoms with Crippen LogP contribution in [0.15, 0.2) is 17.3 Å². The van der Waals surface area contributed by atoms with Gasteiger partial charge in [-0.15, -0.1) is 0 Å². The van der Waals surface area contributed by atoms with Crippen LogP contribution in [-0.4, -0.2) is 16.8 Å². The predicted molar refractivity (Wildman–Crippen MR) is 61.2 cm³/mol. The highest BCUT2D eigenvalue weighted by atomic mass is 15.0. The Kier molecular flexibility index (Phi) is 2.18. The van der Waals surface area contributed by atoms with Crippen molar-refractivity contribution in [1.82, 2.24) is 0 Å². The minimum atomic E-state index is -0.586. The predicted octanol–water partition coefficient (Wildman–Crippen LogP) is 1.44. The van der Waals surface area contributed by atoms with Gasteiger partial charge in [0.15, 0.2) is 0 Å². The molecule has 0 amide bonds. The molecule has 0 aromatic heterocycles. The lowest BCUT2D eigenvalue weighted by Gasteiger charge is -2.54. The van der Waals surface area contributed by atoms with E-state index in [1.54, 1.807) is 0 Å². The van der Waals surface area contributed by atoms with Crippen molar-refractivity contribution in [2.24, 2.45) is 21.9 Å². The van der Waals surface area contributed by atoms with Gasteiger partial charge in [0.25, 0.3) is 0 Å². The van der Waals surface area contributed by atoms with E-state index in [0.717, 1.165) is 11.4 Å². The first kappa shape index (κ1) is 11.4. The van der Waals surface area contributed by atoms with E-state index in [1.165, 1.54) is 0 Å². The average molecular weight is 195 g/mol. The quantitative estimate of drug-likeness (QED) is 0.614. The third-order valence-electron chi connectivity index (χ3n) is 4.15. The molecular formula is C11H21N3. The third-order valence-corrected chi connectivity index (χ3v) is 4.15. The van der Waals surface area contributed by atoms with Gasteiger partial charge < -0.3 is 11.5 Å². The lowest BCUT2D eigenvalue weighted by atomic mass is 9.59. The van der Waals surface area contributed by atoms with Crippen LogP contribution in [0, 0.1) is 5.41 Å². The van der Waals surface area contributed by atoms with Crippen LogP contribution in [0.2, 0.25) is 0 Å². The normalized spacial score (nSPS) is 42.2. The van der Waals surface area contributed by atoms with E-state index >= 15 is 0 Å². The molecule has 14 heavy (non-hydrogen) atoms. The van der Waals surface area contributed by atoms with Crippen LogP contribution in [0.25, 0.3) is 0 Å². The molecule has 1 aliphatic rings. The van der Waals surface area contributed by atoms with Gasteiger partial charge in [0.2, 0.25) is 0 Å². The Balaban J connectivity index is 3.42. The molecule has 0 fully saturated rings. The number of hydrogen-bond acceptors (Lipinski definition) is 3. The van der Waals surface area contributed by atoms with Crippen LogP contribution in [0.3, 0.4) is 0 Å². The molecule has 1 aliphatic heterocycles. The third kappa shape index (κ3) is 1.09. The lowest BCUT2D eigenvalue weighted by Crippen LogP contribution is -2.74. The molecule has 2 unspecified atom stereocenters. The molecule has 0 spiro atoms. The Bertz CT molecular complexity index is 308. The number of hydrogen-bond donors (Lipinski definition) is 2. The average Bonchev–Trinajstić information content (AvgIpc) is 2.01. The van der Waals surface area contributed by atoms with Crippen molar-refractivity contribution in [1.29, 1.82) is 0 Å². The van der Waals surface area contributed by atoms with Crippen molar-refractivity contribution >= 4 is 5.71 Å². The molecule has 2 atom stereocenters. The standard InChI is InChI=1S/C11H21N3/c1-7-9(3,4)11(6,13)10(5,12)8(2)14-7/h1,12-13H2,2-6H3. The van der Waals surface area contributed by atoms with Crippen molar-refractivity contribution in [2.75, 3.05) is 0 Å². The molecule has 1 rings (SSSR count). The van der Waals surface area contributed by atoms with E-state index in [2.05, 4.69) is 11.6 Å². The van der Waals surface area contributed by atoms with Gasteiger partial charge in [0.05, 0.1) is 5.54 Å². The van der Waals surface area contributed by atoms with E-state index in [1.807, 2.05) is 34.6 Å². The Morgan fingerprint density at radius 2 is 1.57 bits per heavy atom. The summed E-state index contributed by atoms with van der Waals surface area (Å²) in [6.45, 7) is 13.8. The van der Waals surface area contributed by atoms with E-state index in [9.17, 15) is 0 Å². The van der Waals surface area contributed by atoms with Crippen LogP contribution in [0.4, 0.5) is 0 Å². The molecule has 0 saturated heterocycles. The summed E-state index contributed by atoms with van der Waals surface area (Å²) in [6.07, 6.45) is 0. The largest absolute Gasteiger partial charge is 0.323 e. The Labute approximate surface area is 86.3 Å². The highest BCUT2D eigenvalue weighted by Gasteiger charge is 2.54. The summed E-state index contributed by atoms with van der Waals surface area (Å²) < 4.78 is 0. The maximum absolute atomic E-state index is 6.35. The molecule has 3 heteroatoms. The van der Waals surface area contributed by atoms with E-state index in [0.29, 0.717) is 0 Å². The summed E-state index contributed by atoms with van der Waals surface area (Å²) in [5.74, 6) is 0. The lowest BCUT2D eigenvalue weighted by molar-refractivity contribution is 0.157. The first-order valence-corrected chi connectivity index (χ1v) is 4.88. The monoisotopic (exact) mass is 195 g/mol. The van der Waals surface area contributed by atoms with E-state index in [-0.39, 0.29) is 5.41 Å². The van der Waals surface area contributed by atoms with Gasteiger partial charge in [-0.05, 0) is 20.8 Å². The summed E-state index contributed by atoms with van der Waals surface area (Å²) in [7, 11) is 0. The maximum Gasteiger partial charge on any atom is 0.0701 e. The first-order valence-electron chi connectivity index (χ1n) is 4.88. The summed E-state index contributed by atoms with van der Waals surface area (Å²) in [5.41, 5.74) is 12.8. The fraction of sp³-hybridized carbons (Fsp3) is 0.727. The number of nitrogens with two attached hydrogens (primary N) is 2. The first-order chi connectivity index (χ1) is 6.05. The fourth-order valence-corrected chi connectivity index (χ4v) is 1.78. The molecule has 0 saturated carbocycles. The SMILES string of the molecule is C=C1N=C(C)C(C)(N)C(C)(N)C1(C)C. The topological polar surface area (TPSA) is 64.4 Å². The van der Waals surface area contributed by atoms with Gasteiger partial charge in [-0.1, -0.05) is 20.4 Å². The van der Waals surface area contributed by atoms with Crippen molar-refractivity contribution in [3.05, 3.63) is 12.3 Å². The second-order valence-corrected chi connectivity index (χ2v) is 5.17. The Morgan fingerprint density at radius 1 is 1.14 bits per heavy atom.